The number of amides is 2. The van der Waals surface area contributed by atoms with E-state index in [0.717, 1.165) is 22.2 Å². The Morgan fingerprint density at radius 1 is 1.11 bits per heavy atom. The van der Waals surface area contributed by atoms with E-state index < -0.39 is 34.9 Å². The van der Waals surface area contributed by atoms with Crippen molar-refractivity contribution in [1.82, 2.24) is 24.1 Å². The molecule has 0 saturated carbocycles. The number of benzene rings is 1. The van der Waals surface area contributed by atoms with E-state index in [1.54, 1.807) is 31.4 Å². The number of alkyl halides is 3. The number of ether oxygens (including phenoxy) is 2. The Hall–Kier alpha value is -4.46. The molecule has 0 bridgehead atoms. The summed E-state index contributed by atoms with van der Waals surface area (Å²) in [6.45, 7) is 7.91. The Balaban J connectivity index is 1.62. The fraction of sp³-hybridized carbons (Fsp3) is 0.452. The molecule has 240 valence electrons. The third-order valence-electron chi connectivity index (χ3n) is 7.32. The first-order chi connectivity index (χ1) is 21.3. The molecule has 1 N–H and O–H groups in total. The zero-order valence-corrected chi connectivity index (χ0v) is 25.5. The standard InChI is InChI=1S/C31H35F3N6O5/c1-5-22-25(23-8-6-7-15-38(23)29(43)45-30(2,3)4)27(42)40-28(36-26(37-40)19-13-16-44-17-14-19)39(22)18-24(41)35-21-11-9-20(10-12-21)31(32,33)34/h8-13H,5-7,14-18H2,1-4H3,(H,35,41). The molecule has 0 unspecified atom stereocenters. The number of fused-ring (bicyclic) bond motifs is 1. The first kappa shape index (κ1) is 31.9. The van der Waals surface area contributed by atoms with E-state index >= 15 is 0 Å². The number of allylic oxidation sites excluding steroid dienone is 1. The number of hydrogen-bond donors (Lipinski definition) is 1. The van der Waals surface area contributed by atoms with E-state index in [9.17, 15) is 27.6 Å². The molecule has 2 amide bonds. The maximum absolute atomic E-state index is 14.2. The molecule has 2 aliphatic heterocycles. The summed E-state index contributed by atoms with van der Waals surface area (Å²) in [6.07, 6.45) is 0.619. The monoisotopic (exact) mass is 628 g/mol. The van der Waals surface area contributed by atoms with Gasteiger partial charge in [-0.3, -0.25) is 14.5 Å². The number of nitrogens with one attached hydrogen (secondary N) is 1. The molecule has 11 nitrogen and oxygen atoms in total. The number of aromatic nitrogens is 4. The fourth-order valence-electron chi connectivity index (χ4n) is 5.31. The number of anilines is 1. The lowest BCUT2D eigenvalue weighted by Gasteiger charge is -2.32. The first-order valence-corrected chi connectivity index (χ1v) is 14.7. The number of halogens is 3. The maximum atomic E-state index is 14.2. The number of hydrogen-bond acceptors (Lipinski definition) is 7. The van der Waals surface area contributed by atoms with E-state index in [1.165, 1.54) is 17.0 Å². The van der Waals surface area contributed by atoms with Crippen molar-refractivity contribution < 1.29 is 32.2 Å². The molecule has 4 heterocycles. The minimum absolute atomic E-state index is 0.116. The number of rotatable bonds is 6. The van der Waals surface area contributed by atoms with E-state index in [0.29, 0.717) is 56.2 Å². The van der Waals surface area contributed by atoms with Crippen molar-refractivity contribution >= 4 is 34.7 Å². The molecule has 0 fully saturated rings. The molecule has 14 heteroatoms. The van der Waals surface area contributed by atoms with E-state index in [2.05, 4.69) is 15.4 Å². The normalized spacial score (nSPS) is 15.9. The lowest BCUT2D eigenvalue weighted by atomic mass is 10.0. The van der Waals surface area contributed by atoms with Crippen LogP contribution in [0.1, 0.15) is 69.6 Å². The first-order valence-electron chi connectivity index (χ1n) is 14.7. The van der Waals surface area contributed by atoms with Gasteiger partial charge in [-0.2, -0.15) is 22.7 Å². The Kier molecular flexibility index (Phi) is 8.88. The Morgan fingerprint density at radius 2 is 1.84 bits per heavy atom. The zero-order chi connectivity index (χ0) is 32.5. The van der Waals surface area contributed by atoms with Crippen LogP contribution in [0.3, 0.4) is 0 Å². The minimum atomic E-state index is -4.51. The van der Waals surface area contributed by atoms with Gasteiger partial charge in [0.2, 0.25) is 11.7 Å². The number of carbonyl (C=O) groups is 2. The van der Waals surface area contributed by atoms with Crippen molar-refractivity contribution in [3.05, 3.63) is 69.4 Å². The van der Waals surface area contributed by atoms with Gasteiger partial charge in [0.1, 0.15) is 12.1 Å². The van der Waals surface area contributed by atoms with Crippen LogP contribution in [0.4, 0.5) is 23.7 Å². The van der Waals surface area contributed by atoms with Crippen LogP contribution in [-0.2, 0) is 33.4 Å². The molecule has 2 aromatic heterocycles. The highest BCUT2D eigenvalue weighted by molar-refractivity contribution is 5.91. The lowest BCUT2D eigenvalue weighted by molar-refractivity contribution is -0.137. The Bertz CT molecular complexity index is 1730. The molecular formula is C31H35F3N6O5. The molecule has 3 aromatic rings. The SMILES string of the molecule is CCc1c(C2=CCCCN2C(=O)OC(C)(C)C)c(=O)n2nc(C3=CCOCC3)nc2n1CC(=O)Nc1ccc(C(F)(F)F)cc1. The molecule has 0 aliphatic carbocycles. The molecule has 45 heavy (non-hydrogen) atoms. The number of nitrogens with zero attached hydrogens (tertiary/aromatic N) is 5. The van der Waals surface area contributed by atoms with Crippen LogP contribution >= 0.6 is 0 Å². The fourth-order valence-corrected chi connectivity index (χ4v) is 5.31. The molecule has 0 radical (unpaired) electrons. The van der Waals surface area contributed by atoms with Crippen LogP contribution in [0.5, 0.6) is 0 Å². The molecular weight excluding hydrogens is 593 g/mol. The summed E-state index contributed by atoms with van der Waals surface area (Å²) in [5.74, 6) is -0.128. The highest BCUT2D eigenvalue weighted by Gasteiger charge is 2.33. The Morgan fingerprint density at radius 3 is 2.47 bits per heavy atom. The average molecular weight is 629 g/mol. The predicted molar refractivity (Wildman–Crippen MR) is 160 cm³/mol. The average Bonchev–Trinajstić information content (AvgIpc) is 3.44. The van der Waals surface area contributed by atoms with Crippen molar-refractivity contribution in [1.29, 1.82) is 0 Å². The highest BCUT2D eigenvalue weighted by atomic mass is 19.4. The van der Waals surface area contributed by atoms with Gasteiger partial charge in [-0.25, -0.2) is 4.79 Å². The van der Waals surface area contributed by atoms with Crippen LogP contribution in [0, 0.1) is 0 Å². The highest BCUT2D eigenvalue weighted by Crippen LogP contribution is 2.31. The summed E-state index contributed by atoms with van der Waals surface area (Å²) < 4.78 is 52.9. The van der Waals surface area contributed by atoms with Gasteiger partial charge in [-0.05, 0) is 76.3 Å². The summed E-state index contributed by atoms with van der Waals surface area (Å²) in [7, 11) is 0. The molecule has 0 saturated heterocycles. The quantitative estimate of drug-likeness (QED) is 0.394. The maximum Gasteiger partial charge on any atom is 0.416 e. The summed E-state index contributed by atoms with van der Waals surface area (Å²) >= 11 is 0. The van der Waals surface area contributed by atoms with Crippen molar-refractivity contribution in [2.75, 3.05) is 25.1 Å². The van der Waals surface area contributed by atoms with E-state index in [-0.39, 0.29) is 30.0 Å². The topological polar surface area (TPSA) is 120 Å². The molecule has 0 spiro atoms. The summed E-state index contributed by atoms with van der Waals surface area (Å²) in [5, 5.41) is 7.16. The van der Waals surface area contributed by atoms with Gasteiger partial charge in [0, 0.05) is 17.9 Å². The van der Waals surface area contributed by atoms with Crippen molar-refractivity contribution in [2.24, 2.45) is 0 Å². The van der Waals surface area contributed by atoms with Crippen LogP contribution < -0.4 is 10.9 Å². The second kappa shape index (κ2) is 12.5. The molecule has 0 atom stereocenters. The smallest absolute Gasteiger partial charge is 0.416 e. The van der Waals surface area contributed by atoms with Gasteiger partial charge < -0.3 is 19.4 Å². The van der Waals surface area contributed by atoms with Gasteiger partial charge in [0.15, 0.2) is 5.82 Å². The minimum Gasteiger partial charge on any atom is -0.443 e. The largest absolute Gasteiger partial charge is 0.443 e. The van der Waals surface area contributed by atoms with Crippen LogP contribution in [0.15, 0.2) is 41.2 Å². The predicted octanol–water partition coefficient (Wildman–Crippen LogP) is 5.29. The second-order valence-corrected chi connectivity index (χ2v) is 11.8. The third kappa shape index (κ3) is 6.95. The van der Waals surface area contributed by atoms with E-state index in [4.69, 9.17) is 9.47 Å². The molecule has 2 aliphatic rings. The summed E-state index contributed by atoms with van der Waals surface area (Å²) in [5.41, 5.74) is -0.165. The van der Waals surface area contributed by atoms with Gasteiger partial charge >= 0.3 is 12.3 Å². The molecule has 5 rings (SSSR count). The van der Waals surface area contributed by atoms with E-state index in [1.807, 2.05) is 13.0 Å². The van der Waals surface area contributed by atoms with Crippen molar-refractivity contribution in [3.8, 4) is 0 Å². The lowest BCUT2D eigenvalue weighted by Crippen LogP contribution is -2.40. The van der Waals surface area contributed by atoms with Gasteiger partial charge in [0.25, 0.3) is 5.56 Å². The van der Waals surface area contributed by atoms with Crippen molar-refractivity contribution in [2.45, 2.75) is 71.7 Å². The second-order valence-electron chi connectivity index (χ2n) is 11.8. The van der Waals surface area contributed by atoms with Gasteiger partial charge in [-0.15, -0.1) is 5.10 Å². The van der Waals surface area contributed by atoms with Crippen LogP contribution in [-0.4, -0.2) is 61.4 Å². The summed E-state index contributed by atoms with van der Waals surface area (Å²) in [6, 6.07) is 4.12. The van der Waals surface area contributed by atoms with Crippen LogP contribution in [0.25, 0.3) is 17.0 Å². The molecule has 1 aromatic carbocycles. The summed E-state index contributed by atoms with van der Waals surface area (Å²) in [4.78, 5) is 46.9. The van der Waals surface area contributed by atoms with Crippen LogP contribution in [0.2, 0.25) is 0 Å². The van der Waals surface area contributed by atoms with Gasteiger partial charge in [-0.1, -0.05) is 19.1 Å². The zero-order valence-electron chi connectivity index (χ0n) is 25.5. The van der Waals surface area contributed by atoms with Gasteiger partial charge in [0.05, 0.1) is 30.0 Å². The van der Waals surface area contributed by atoms with Crippen molar-refractivity contribution in [3.63, 3.8) is 0 Å². The Labute approximate surface area is 257 Å². The third-order valence-corrected chi connectivity index (χ3v) is 7.32. The number of carbonyl (C=O) groups excluding carboxylic acids is 2.